The second kappa shape index (κ2) is 9.75. The van der Waals surface area contributed by atoms with Crippen molar-refractivity contribution in [3.8, 4) is 0 Å². The van der Waals surface area contributed by atoms with Gasteiger partial charge in [-0.2, -0.15) is 0 Å². The molecule has 1 saturated carbocycles. The molecule has 0 aliphatic heterocycles. The van der Waals surface area contributed by atoms with Crippen molar-refractivity contribution in [2.24, 2.45) is 0 Å². The highest BCUT2D eigenvalue weighted by Crippen LogP contribution is 2.49. The maximum absolute atomic E-state index is 13.1. The summed E-state index contributed by atoms with van der Waals surface area (Å²) < 4.78 is 0. The number of carbonyl (C=O) groups is 1. The number of nitrogens with one attached hydrogen (secondary N) is 1. The lowest BCUT2D eigenvalue weighted by atomic mass is 9.92. The normalized spacial score (nSPS) is 15.1. The Morgan fingerprint density at radius 1 is 1.06 bits per heavy atom. The van der Waals surface area contributed by atoms with Crippen LogP contribution in [-0.4, -0.2) is 29.9 Å². The standard InChI is InChI=1S/C24H27N3OS.C2H6/c1-16-10-11-19(14-17(16)2)24(12-13-24)22(28)26-23-25-15-20(29-23)21(27(3)4)18-8-6-5-7-9-18;1-2/h5-11,14-15,21H,12-13H2,1-4H3,(H,25,26,28);1-2H3. The summed E-state index contributed by atoms with van der Waals surface area (Å²) in [7, 11) is 4.13. The van der Waals surface area contributed by atoms with Gasteiger partial charge in [0.05, 0.1) is 11.5 Å². The summed E-state index contributed by atoms with van der Waals surface area (Å²) in [6.07, 6.45) is 3.67. The minimum absolute atomic E-state index is 0.0581. The number of aromatic nitrogens is 1. The summed E-state index contributed by atoms with van der Waals surface area (Å²) >= 11 is 1.55. The van der Waals surface area contributed by atoms with Gasteiger partial charge in [-0.3, -0.25) is 9.69 Å². The number of anilines is 1. The molecule has 1 aliphatic rings. The van der Waals surface area contributed by atoms with Crippen molar-refractivity contribution >= 4 is 22.4 Å². The smallest absolute Gasteiger partial charge is 0.236 e. The molecule has 0 bridgehead atoms. The number of amides is 1. The van der Waals surface area contributed by atoms with E-state index in [-0.39, 0.29) is 11.9 Å². The van der Waals surface area contributed by atoms with Crippen LogP contribution in [0.3, 0.4) is 0 Å². The number of aryl methyl sites for hydroxylation is 2. The summed E-state index contributed by atoms with van der Waals surface area (Å²) in [4.78, 5) is 20.9. The summed E-state index contributed by atoms with van der Waals surface area (Å²) in [5.41, 5.74) is 4.42. The molecule has 1 N–H and O–H groups in total. The Kier molecular flexibility index (Phi) is 7.29. The zero-order chi connectivity index (χ0) is 22.6. The van der Waals surface area contributed by atoms with Crippen LogP contribution in [0.4, 0.5) is 5.13 Å². The topological polar surface area (TPSA) is 45.2 Å². The summed E-state index contributed by atoms with van der Waals surface area (Å²) in [5, 5.41) is 3.76. The SMILES string of the molecule is CC.Cc1ccc(C2(C(=O)Nc3ncc(C(c4ccccc4)N(C)C)s3)CC2)cc1C. The van der Waals surface area contributed by atoms with E-state index in [1.54, 1.807) is 11.3 Å². The monoisotopic (exact) mass is 435 g/mol. The first-order valence-electron chi connectivity index (χ1n) is 11.0. The lowest BCUT2D eigenvalue weighted by Crippen LogP contribution is -2.27. The van der Waals surface area contributed by atoms with Crippen LogP contribution in [-0.2, 0) is 10.2 Å². The van der Waals surface area contributed by atoms with Crippen LogP contribution in [0, 0.1) is 13.8 Å². The number of rotatable bonds is 6. The average molecular weight is 436 g/mol. The van der Waals surface area contributed by atoms with Gasteiger partial charge in [0.25, 0.3) is 0 Å². The van der Waals surface area contributed by atoms with E-state index >= 15 is 0 Å². The zero-order valence-corrected chi connectivity index (χ0v) is 20.2. The van der Waals surface area contributed by atoms with E-state index in [0.717, 1.165) is 23.3 Å². The predicted molar refractivity (Wildman–Crippen MR) is 131 cm³/mol. The van der Waals surface area contributed by atoms with Gasteiger partial charge in [-0.15, -0.1) is 0 Å². The third-order valence-electron chi connectivity index (χ3n) is 5.89. The van der Waals surface area contributed by atoms with E-state index < -0.39 is 5.41 Å². The fourth-order valence-electron chi connectivity index (χ4n) is 3.85. The van der Waals surface area contributed by atoms with Crippen LogP contribution in [0.5, 0.6) is 0 Å². The van der Waals surface area contributed by atoms with Crippen LogP contribution in [0.2, 0.25) is 0 Å². The first-order valence-corrected chi connectivity index (χ1v) is 11.8. The molecule has 4 rings (SSSR count). The Balaban J connectivity index is 0.00000132. The van der Waals surface area contributed by atoms with Crippen molar-refractivity contribution in [1.82, 2.24) is 9.88 Å². The molecule has 1 atom stereocenters. The summed E-state index contributed by atoms with van der Waals surface area (Å²) in [6, 6.07) is 16.9. The van der Waals surface area contributed by atoms with Gasteiger partial charge in [-0.05, 0) is 63.0 Å². The molecular formula is C26H33N3OS. The molecule has 1 aliphatic carbocycles. The number of carbonyl (C=O) groups excluding carboxylic acids is 1. The number of hydrogen-bond donors (Lipinski definition) is 1. The van der Waals surface area contributed by atoms with Gasteiger partial charge in [-0.1, -0.05) is 73.7 Å². The van der Waals surface area contributed by atoms with Crippen LogP contribution < -0.4 is 5.32 Å². The highest BCUT2D eigenvalue weighted by atomic mass is 32.1. The largest absolute Gasteiger partial charge is 0.301 e. The van der Waals surface area contributed by atoms with E-state index in [1.807, 2.05) is 26.1 Å². The zero-order valence-electron chi connectivity index (χ0n) is 19.4. The molecule has 1 aromatic heterocycles. The molecule has 3 aromatic rings. The van der Waals surface area contributed by atoms with Crippen LogP contribution in [0.15, 0.2) is 54.7 Å². The molecule has 164 valence electrons. The van der Waals surface area contributed by atoms with Crippen molar-refractivity contribution in [3.63, 3.8) is 0 Å². The third kappa shape index (κ3) is 4.89. The van der Waals surface area contributed by atoms with Gasteiger partial charge in [0.1, 0.15) is 0 Å². The van der Waals surface area contributed by atoms with Gasteiger partial charge < -0.3 is 5.32 Å². The summed E-state index contributed by atoms with van der Waals surface area (Å²) in [6.45, 7) is 8.20. The van der Waals surface area contributed by atoms with Gasteiger partial charge in [0.2, 0.25) is 5.91 Å². The van der Waals surface area contributed by atoms with Gasteiger partial charge in [-0.25, -0.2) is 4.98 Å². The average Bonchev–Trinajstić information content (AvgIpc) is 3.47. The first kappa shape index (κ1) is 23.2. The van der Waals surface area contributed by atoms with Crippen molar-refractivity contribution in [2.75, 3.05) is 19.4 Å². The van der Waals surface area contributed by atoms with Crippen LogP contribution in [0.1, 0.15) is 59.9 Å². The highest BCUT2D eigenvalue weighted by molar-refractivity contribution is 7.15. The van der Waals surface area contributed by atoms with Crippen LogP contribution in [0.25, 0.3) is 0 Å². The molecule has 0 spiro atoms. The van der Waals surface area contributed by atoms with Crippen molar-refractivity contribution < 1.29 is 4.79 Å². The predicted octanol–water partition coefficient (Wildman–Crippen LogP) is 6.11. The Labute approximate surface area is 190 Å². The number of nitrogens with zero attached hydrogens (tertiary/aromatic N) is 2. The first-order chi connectivity index (χ1) is 14.9. The molecular weight excluding hydrogens is 402 g/mol. The third-order valence-corrected chi connectivity index (χ3v) is 6.85. The van der Waals surface area contributed by atoms with Crippen molar-refractivity contribution in [3.05, 3.63) is 81.9 Å². The fraction of sp³-hybridized carbons (Fsp3) is 0.385. The second-order valence-corrected chi connectivity index (χ2v) is 9.24. The molecule has 31 heavy (non-hydrogen) atoms. The molecule has 4 nitrogen and oxygen atoms in total. The molecule has 1 fully saturated rings. The minimum atomic E-state index is -0.398. The Bertz CT molecular complexity index is 1020. The van der Waals surface area contributed by atoms with Crippen molar-refractivity contribution in [1.29, 1.82) is 0 Å². The second-order valence-electron chi connectivity index (χ2n) is 8.18. The van der Waals surface area contributed by atoms with E-state index in [2.05, 4.69) is 85.6 Å². The van der Waals surface area contributed by atoms with Gasteiger partial charge in [0.15, 0.2) is 5.13 Å². The van der Waals surface area contributed by atoms with Gasteiger partial charge >= 0.3 is 0 Å². The number of thiazole rings is 1. The van der Waals surface area contributed by atoms with Gasteiger partial charge in [0, 0.05) is 11.1 Å². The summed E-state index contributed by atoms with van der Waals surface area (Å²) in [5.74, 6) is 0.0581. The Hall–Kier alpha value is -2.50. The number of hydrogen-bond acceptors (Lipinski definition) is 4. The van der Waals surface area contributed by atoms with E-state index in [1.165, 1.54) is 16.7 Å². The molecule has 1 heterocycles. The molecule has 2 aromatic carbocycles. The highest BCUT2D eigenvalue weighted by Gasteiger charge is 2.51. The Morgan fingerprint density at radius 2 is 1.74 bits per heavy atom. The van der Waals surface area contributed by atoms with Crippen molar-refractivity contribution in [2.45, 2.75) is 52.0 Å². The molecule has 0 saturated heterocycles. The minimum Gasteiger partial charge on any atom is -0.301 e. The molecule has 1 amide bonds. The quantitative estimate of drug-likeness (QED) is 0.508. The number of benzene rings is 2. The lowest BCUT2D eigenvalue weighted by Gasteiger charge is -2.23. The molecule has 0 radical (unpaired) electrons. The van der Waals surface area contributed by atoms with E-state index in [9.17, 15) is 4.79 Å². The maximum Gasteiger partial charge on any atom is 0.236 e. The molecule has 5 heteroatoms. The van der Waals surface area contributed by atoms with E-state index in [4.69, 9.17) is 0 Å². The van der Waals surface area contributed by atoms with Crippen LogP contribution >= 0.6 is 11.3 Å². The maximum atomic E-state index is 13.1. The molecule has 1 unspecified atom stereocenters. The lowest BCUT2D eigenvalue weighted by molar-refractivity contribution is -0.118. The Morgan fingerprint density at radius 3 is 2.32 bits per heavy atom. The van der Waals surface area contributed by atoms with E-state index in [0.29, 0.717) is 5.13 Å². The fourth-order valence-corrected chi connectivity index (χ4v) is 4.89.